The molecule has 1 aromatic carbocycles. The first kappa shape index (κ1) is 29.3. The lowest BCUT2D eigenvalue weighted by atomic mass is 9.97. The fraction of sp³-hybridized carbons (Fsp3) is 0.609. The minimum atomic E-state index is -1.64. The largest absolute Gasteiger partial charge is 0.394 e. The number of nitrogens with zero attached hydrogens (tertiary/aromatic N) is 4. The highest BCUT2D eigenvalue weighted by atomic mass is 32.2. The maximum Gasteiger partial charge on any atom is 0.238 e. The molecule has 1 saturated heterocycles. The third-order valence-corrected chi connectivity index (χ3v) is 7.86. The number of hydrogen-bond acceptors (Lipinski definition) is 9. The average Bonchev–Trinajstić information content (AvgIpc) is 3.31. The molecule has 1 aliphatic heterocycles. The number of halogens is 3. The van der Waals surface area contributed by atoms with Crippen LogP contribution in [0.25, 0.3) is 11.3 Å². The molecule has 1 amide bonds. The molecule has 2 aromatic rings. The molecule has 6 atom stereocenters. The van der Waals surface area contributed by atoms with Gasteiger partial charge in [-0.2, -0.15) is 0 Å². The number of thioether (sulfide) groups is 1. The second-order valence-electron chi connectivity index (χ2n) is 9.22. The van der Waals surface area contributed by atoms with E-state index in [4.69, 9.17) is 4.74 Å². The van der Waals surface area contributed by atoms with Gasteiger partial charge in [-0.1, -0.05) is 5.21 Å². The Hall–Kier alpha value is -2.23. The Bertz CT molecular complexity index is 1070. The Labute approximate surface area is 216 Å². The zero-order valence-corrected chi connectivity index (χ0v) is 21.6. The van der Waals surface area contributed by atoms with Crippen molar-refractivity contribution in [2.75, 3.05) is 19.7 Å². The number of benzene rings is 1. The number of amides is 1. The molecule has 1 unspecified atom stereocenters. The van der Waals surface area contributed by atoms with Crippen LogP contribution in [0.5, 0.6) is 0 Å². The Morgan fingerprint density at radius 3 is 2.30 bits per heavy atom. The van der Waals surface area contributed by atoms with E-state index in [9.17, 15) is 38.4 Å². The van der Waals surface area contributed by atoms with Gasteiger partial charge < -0.3 is 30.1 Å². The van der Waals surface area contributed by atoms with Crippen molar-refractivity contribution in [3.63, 3.8) is 0 Å². The molecular formula is C23H31F3N4O6S. The molecule has 4 N–H and O–H groups in total. The second kappa shape index (κ2) is 11.7. The lowest BCUT2D eigenvalue weighted by Crippen LogP contribution is -2.57. The van der Waals surface area contributed by atoms with Crippen molar-refractivity contribution < 1.29 is 43.1 Å². The molecule has 2 heterocycles. The van der Waals surface area contributed by atoms with Crippen LogP contribution in [-0.2, 0) is 9.53 Å². The maximum atomic E-state index is 13.7. The number of rotatable bonds is 9. The van der Waals surface area contributed by atoms with Crippen LogP contribution in [0.15, 0.2) is 18.3 Å². The summed E-state index contributed by atoms with van der Waals surface area (Å²) >= 11 is 0.838. The number of aliphatic hydroxyl groups is 4. The number of hydrogen-bond donors (Lipinski definition) is 4. The second-order valence-corrected chi connectivity index (χ2v) is 10.4. The molecule has 10 nitrogen and oxygen atoms in total. The molecule has 1 aromatic heterocycles. The van der Waals surface area contributed by atoms with E-state index in [1.807, 2.05) is 0 Å². The maximum absolute atomic E-state index is 13.7. The minimum absolute atomic E-state index is 0.0699. The van der Waals surface area contributed by atoms with Crippen molar-refractivity contribution in [2.24, 2.45) is 0 Å². The van der Waals surface area contributed by atoms with Crippen LogP contribution >= 0.6 is 11.8 Å². The highest BCUT2D eigenvalue weighted by Crippen LogP contribution is 2.39. The van der Waals surface area contributed by atoms with Crippen LogP contribution in [0.4, 0.5) is 13.2 Å². The van der Waals surface area contributed by atoms with Crippen LogP contribution in [0.1, 0.15) is 33.7 Å². The number of ether oxygens (including phenoxy) is 1. The zero-order valence-electron chi connectivity index (χ0n) is 20.8. The first-order valence-corrected chi connectivity index (χ1v) is 12.6. The third-order valence-electron chi connectivity index (χ3n) is 6.16. The van der Waals surface area contributed by atoms with Gasteiger partial charge in [-0.3, -0.25) is 4.79 Å². The Kier molecular flexibility index (Phi) is 9.24. The summed E-state index contributed by atoms with van der Waals surface area (Å²) in [5.74, 6) is -4.88. The first-order chi connectivity index (χ1) is 17.3. The van der Waals surface area contributed by atoms with Crippen LogP contribution in [0, 0.1) is 17.5 Å². The van der Waals surface area contributed by atoms with Gasteiger partial charge >= 0.3 is 0 Å². The molecule has 1 aliphatic rings. The van der Waals surface area contributed by atoms with Gasteiger partial charge in [-0.15, -0.1) is 16.9 Å². The van der Waals surface area contributed by atoms with Gasteiger partial charge in [0, 0.05) is 18.7 Å². The minimum Gasteiger partial charge on any atom is -0.394 e. The molecule has 206 valence electrons. The third kappa shape index (κ3) is 6.10. The SMILES string of the molecule is CCN(CC)C(=O)C(S[C@@H]1O[C@H](CO)[C@H](O)[C@H](n2cc(-c3cc(F)c(F)c(F)c3)nn2)[C@H]1O)C(C)(C)O. The molecule has 37 heavy (non-hydrogen) atoms. The number of aromatic nitrogens is 3. The summed E-state index contributed by atoms with van der Waals surface area (Å²) in [5.41, 5.74) is -2.92. The molecule has 0 aliphatic carbocycles. The van der Waals surface area contributed by atoms with Gasteiger partial charge in [0.25, 0.3) is 0 Å². The number of aliphatic hydroxyl groups excluding tert-OH is 3. The summed E-state index contributed by atoms with van der Waals surface area (Å²) in [7, 11) is 0. The van der Waals surface area contributed by atoms with Crippen LogP contribution in [0.2, 0.25) is 0 Å². The van der Waals surface area contributed by atoms with Crippen molar-refractivity contribution in [3.05, 3.63) is 35.8 Å². The van der Waals surface area contributed by atoms with E-state index in [1.165, 1.54) is 24.9 Å². The fourth-order valence-corrected chi connectivity index (χ4v) is 5.51. The molecule has 0 bridgehead atoms. The average molecular weight is 549 g/mol. The Morgan fingerprint density at radius 2 is 1.78 bits per heavy atom. The number of carbonyl (C=O) groups is 1. The molecule has 0 saturated carbocycles. The highest BCUT2D eigenvalue weighted by Gasteiger charge is 2.49. The van der Waals surface area contributed by atoms with Crippen LogP contribution in [-0.4, -0.2) is 101 Å². The summed E-state index contributed by atoms with van der Waals surface area (Å²) in [5, 5.41) is 49.1. The smallest absolute Gasteiger partial charge is 0.238 e. The molecule has 0 radical (unpaired) electrons. The standard InChI is InChI=1S/C23H31F3N4O6S/c1-5-29(6-2)21(34)20(23(3,4)35)37-22-19(33)17(18(32)15(10-31)36-22)30-9-14(27-28-30)11-7-12(24)16(26)13(25)8-11/h7-9,15,17-20,22,31-33,35H,5-6,10H2,1-4H3/t15-,17+,18+,19-,20?,22+/m1/s1. The van der Waals surface area contributed by atoms with E-state index in [0.717, 1.165) is 28.6 Å². The highest BCUT2D eigenvalue weighted by molar-refractivity contribution is 8.01. The summed E-state index contributed by atoms with van der Waals surface area (Å²) in [6.45, 7) is 6.61. The van der Waals surface area contributed by atoms with Crippen molar-refractivity contribution in [3.8, 4) is 11.3 Å². The fourth-order valence-electron chi connectivity index (χ4n) is 4.11. The first-order valence-electron chi connectivity index (χ1n) is 11.7. The van der Waals surface area contributed by atoms with Gasteiger partial charge in [-0.05, 0) is 39.8 Å². The lowest BCUT2D eigenvalue weighted by Gasteiger charge is -2.44. The monoisotopic (exact) mass is 548 g/mol. The predicted octanol–water partition coefficient (Wildman–Crippen LogP) is 1.08. The van der Waals surface area contributed by atoms with Gasteiger partial charge in [-0.25, -0.2) is 17.9 Å². The van der Waals surface area contributed by atoms with Crippen LogP contribution < -0.4 is 0 Å². The van der Waals surface area contributed by atoms with Gasteiger partial charge in [0.1, 0.15) is 40.7 Å². The summed E-state index contributed by atoms with van der Waals surface area (Å²) < 4.78 is 47.5. The normalized spacial score (nSPS) is 25.2. The number of carbonyl (C=O) groups excluding carboxylic acids is 1. The molecule has 1 fully saturated rings. The van der Waals surface area contributed by atoms with E-state index >= 15 is 0 Å². The lowest BCUT2D eigenvalue weighted by molar-refractivity contribution is -0.179. The predicted molar refractivity (Wildman–Crippen MR) is 128 cm³/mol. The van der Waals surface area contributed by atoms with E-state index in [1.54, 1.807) is 13.8 Å². The summed E-state index contributed by atoms with van der Waals surface area (Å²) in [6, 6.07) is 0.197. The van der Waals surface area contributed by atoms with E-state index < -0.39 is 64.7 Å². The molecule has 0 spiro atoms. The molecular weight excluding hydrogens is 517 g/mol. The Balaban J connectivity index is 1.94. The van der Waals surface area contributed by atoms with Crippen molar-refractivity contribution in [1.29, 1.82) is 0 Å². The summed E-state index contributed by atoms with van der Waals surface area (Å²) in [6.07, 6.45) is -3.02. The molecule has 3 rings (SSSR count). The van der Waals surface area contributed by atoms with E-state index in [0.29, 0.717) is 13.1 Å². The molecule has 14 heteroatoms. The van der Waals surface area contributed by atoms with Crippen molar-refractivity contribution >= 4 is 17.7 Å². The Morgan fingerprint density at radius 1 is 1.19 bits per heavy atom. The van der Waals surface area contributed by atoms with Crippen molar-refractivity contribution in [2.45, 2.75) is 68.3 Å². The van der Waals surface area contributed by atoms with E-state index in [2.05, 4.69) is 10.3 Å². The zero-order chi connectivity index (χ0) is 27.7. The quantitative estimate of drug-likeness (QED) is 0.339. The van der Waals surface area contributed by atoms with Gasteiger partial charge in [0.2, 0.25) is 5.91 Å². The van der Waals surface area contributed by atoms with Gasteiger partial charge in [0.15, 0.2) is 17.5 Å². The van der Waals surface area contributed by atoms with E-state index in [-0.39, 0.29) is 17.2 Å². The topological polar surface area (TPSA) is 141 Å². The summed E-state index contributed by atoms with van der Waals surface area (Å²) in [4.78, 5) is 14.7. The van der Waals surface area contributed by atoms with Crippen molar-refractivity contribution in [1.82, 2.24) is 19.9 Å². The van der Waals surface area contributed by atoms with Crippen LogP contribution in [0.3, 0.4) is 0 Å². The van der Waals surface area contributed by atoms with Gasteiger partial charge in [0.05, 0.1) is 18.4 Å².